The minimum atomic E-state index is -3.24. The molecular formula is C15H32NaO3S. The predicted molar refractivity (Wildman–Crippen MR) is 87.6 cm³/mol. The van der Waals surface area contributed by atoms with Crippen LogP contribution in [0.15, 0.2) is 0 Å². The third kappa shape index (κ3) is 17.0. The van der Waals surface area contributed by atoms with Crippen molar-refractivity contribution in [3.8, 4) is 0 Å². The van der Waals surface area contributed by atoms with Crippen LogP contribution in [0.1, 0.15) is 84.5 Å². The Labute approximate surface area is 148 Å². The van der Waals surface area contributed by atoms with Gasteiger partial charge in [0.15, 0.2) is 0 Å². The van der Waals surface area contributed by atoms with Crippen molar-refractivity contribution in [2.45, 2.75) is 84.5 Å². The molecule has 0 saturated carbocycles. The molecule has 3 nitrogen and oxygen atoms in total. The normalized spacial score (nSPS) is 11.3. The molecule has 0 spiro atoms. The number of hydrogen-bond donors (Lipinski definition) is 0. The number of rotatable bonds is 14. The zero-order valence-corrected chi connectivity index (χ0v) is 16.6. The van der Waals surface area contributed by atoms with E-state index in [1.165, 1.54) is 51.4 Å². The van der Waals surface area contributed by atoms with Gasteiger partial charge in [0.1, 0.15) is 0 Å². The summed E-state index contributed by atoms with van der Waals surface area (Å²) in [4.78, 5) is 0. The molecular weight excluding hydrogens is 283 g/mol. The fourth-order valence-corrected chi connectivity index (χ4v) is 3.07. The van der Waals surface area contributed by atoms with E-state index < -0.39 is 10.1 Å². The first-order chi connectivity index (χ1) is 9.12. The summed E-state index contributed by atoms with van der Waals surface area (Å²) in [7, 11) is -3.24. The molecule has 0 aliphatic carbocycles. The summed E-state index contributed by atoms with van der Waals surface area (Å²) in [6, 6.07) is 0. The summed E-state index contributed by atoms with van der Waals surface area (Å²) < 4.78 is 27.5. The van der Waals surface area contributed by atoms with E-state index in [0.717, 1.165) is 12.8 Å². The maximum atomic E-state index is 11.3. The van der Waals surface area contributed by atoms with Crippen LogP contribution in [0.3, 0.4) is 0 Å². The molecule has 0 fully saturated rings. The van der Waals surface area contributed by atoms with Crippen molar-refractivity contribution < 1.29 is 12.6 Å². The van der Waals surface area contributed by atoms with Crippen LogP contribution < -0.4 is 0 Å². The van der Waals surface area contributed by atoms with E-state index >= 15 is 0 Å². The SMILES string of the molecule is CCCCCCCCCCCCOS(=O)(=O)CCC.[Na]. The Bertz CT molecular complexity index is 279. The molecule has 0 atom stereocenters. The first-order valence-electron chi connectivity index (χ1n) is 7.99. The quantitative estimate of drug-likeness (QED) is 0.273. The Morgan fingerprint density at radius 2 is 1.15 bits per heavy atom. The Balaban J connectivity index is 0. The molecule has 0 heterocycles. The van der Waals surface area contributed by atoms with Crippen LogP contribution in [-0.2, 0) is 14.3 Å². The van der Waals surface area contributed by atoms with Crippen LogP contribution in [-0.4, -0.2) is 50.3 Å². The van der Waals surface area contributed by atoms with E-state index in [2.05, 4.69) is 6.92 Å². The van der Waals surface area contributed by atoms with Crippen LogP contribution in [0.4, 0.5) is 0 Å². The summed E-state index contributed by atoms with van der Waals surface area (Å²) in [5.74, 6) is 0.144. The van der Waals surface area contributed by atoms with Gasteiger partial charge in [-0.15, -0.1) is 0 Å². The van der Waals surface area contributed by atoms with Crippen molar-refractivity contribution in [1.29, 1.82) is 0 Å². The van der Waals surface area contributed by atoms with E-state index in [9.17, 15) is 8.42 Å². The first kappa shape index (κ1) is 23.2. The van der Waals surface area contributed by atoms with Crippen LogP contribution in [0.5, 0.6) is 0 Å². The minimum Gasteiger partial charge on any atom is -0.270 e. The van der Waals surface area contributed by atoms with Gasteiger partial charge in [0.2, 0.25) is 0 Å². The largest absolute Gasteiger partial charge is 0.270 e. The van der Waals surface area contributed by atoms with Gasteiger partial charge in [-0.3, -0.25) is 4.18 Å². The Morgan fingerprint density at radius 3 is 1.60 bits per heavy atom. The van der Waals surface area contributed by atoms with Gasteiger partial charge < -0.3 is 0 Å². The average Bonchev–Trinajstić information content (AvgIpc) is 2.36. The third-order valence-electron chi connectivity index (χ3n) is 3.21. The summed E-state index contributed by atoms with van der Waals surface area (Å²) in [5.41, 5.74) is 0. The molecule has 1 radical (unpaired) electrons. The van der Waals surface area contributed by atoms with Gasteiger partial charge in [-0.2, -0.15) is 8.42 Å². The van der Waals surface area contributed by atoms with Gasteiger partial charge in [-0.05, 0) is 12.8 Å². The Kier molecular flexibility index (Phi) is 18.9. The molecule has 0 saturated heterocycles. The van der Waals surface area contributed by atoms with Crippen LogP contribution >= 0.6 is 0 Å². The minimum absolute atomic E-state index is 0. The Morgan fingerprint density at radius 1 is 0.700 bits per heavy atom. The summed E-state index contributed by atoms with van der Waals surface area (Å²) in [6.07, 6.45) is 13.1. The molecule has 0 aliphatic rings. The molecule has 5 heteroatoms. The van der Waals surface area contributed by atoms with Crippen LogP contribution in [0, 0.1) is 0 Å². The van der Waals surface area contributed by atoms with Crippen molar-refractivity contribution in [3.05, 3.63) is 0 Å². The topological polar surface area (TPSA) is 43.4 Å². The fraction of sp³-hybridized carbons (Fsp3) is 1.00. The average molecular weight is 315 g/mol. The second-order valence-electron chi connectivity index (χ2n) is 5.27. The monoisotopic (exact) mass is 315 g/mol. The maximum Gasteiger partial charge on any atom is 0.267 e. The molecule has 0 bridgehead atoms. The van der Waals surface area contributed by atoms with Crippen molar-refractivity contribution in [2.24, 2.45) is 0 Å². The second-order valence-corrected chi connectivity index (χ2v) is 7.03. The number of unbranched alkanes of at least 4 members (excludes halogenated alkanes) is 9. The molecule has 0 aliphatic heterocycles. The molecule has 0 unspecified atom stereocenters. The van der Waals surface area contributed by atoms with Crippen LogP contribution in [0.2, 0.25) is 0 Å². The van der Waals surface area contributed by atoms with Gasteiger partial charge >= 0.3 is 0 Å². The summed E-state index contributed by atoms with van der Waals surface area (Å²) >= 11 is 0. The van der Waals surface area contributed by atoms with Crippen molar-refractivity contribution in [2.75, 3.05) is 12.4 Å². The molecule has 20 heavy (non-hydrogen) atoms. The summed E-state index contributed by atoms with van der Waals surface area (Å²) in [5, 5.41) is 0. The van der Waals surface area contributed by atoms with Crippen molar-refractivity contribution >= 4 is 39.7 Å². The molecule has 0 N–H and O–H groups in total. The fourth-order valence-electron chi connectivity index (χ4n) is 2.08. The maximum absolute atomic E-state index is 11.3. The zero-order chi connectivity index (χ0) is 14.4. The first-order valence-corrected chi connectivity index (χ1v) is 9.57. The van der Waals surface area contributed by atoms with Gasteiger partial charge in [-0.25, -0.2) is 0 Å². The zero-order valence-electron chi connectivity index (χ0n) is 13.8. The van der Waals surface area contributed by atoms with E-state index in [0.29, 0.717) is 13.0 Å². The molecule has 0 amide bonds. The van der Waals surface area contributed by atoms with E-state index in [4.69, 9.17) is 4.18 Å². The van der Waals surface area contributed by atoms with Crippen LogP contribution in [0.25, 0.3) is 0 Å². The van der Waals surface area contributed by atoms with Gasteiger partial charge in [0.25, 0.3) is 10.1 Å². The molecule has 0 aromatic carbocycles. The van der Waals surface area contributed by atoms with Crippen molar-refractivity contribution in [3.63, 3.8) is 0 Å². The molecule has 0 aromatic rings. The Hall–Kier alpha value is 0.910. The van der Waals surface area contributed by atoms with Gasteiger partial charge in [0.05, 0.1) is 12.4 Å². The van der Waals surface area contributed by atoms with Gasteiger partial charge in [-0.1, -0.05) is 71.6 Å². The van der Waals surface area contributed by atoms with E-state index in [1.807, 2.05) is 6.92 Å². The summed E-state index contributed by atoms with van der Waals surface area (Å²) in [6.45, 7) is 4.45. The predicted octanol–water partition coefficient (Wildman–Crippen LogP) is 4.28. The smallest absolute Gasteiger partial charge is 0.267 e. The second kappa shape index (κ2) is 16.3. The molecule has 117 valence electrons. The molecule has 0 rings (SSSR count). The van der Waals surface area contributed by atoms with Crippen molar-refractivity contribution in [1.82, 2.24) is 0 Å². The molecule has 0 aromatic heterocycles. The third-order valence-corrected chi connectivity index (χ3v) is 4.65. The van der Waals surface area contributed by atoms with Gasteiger partial charge in [0, 0.05) is 29.6 Å². The standard InChI is InChI=1S/C15H32O3S.Na/c1-3-5-6-7-8-9-10-11-12-13-14-18-19(16,17)15-4-2;/h3-15H2,1-2H3;. The number of hydrogen-bond acceptors (Lipinski definition) is 3. The van der Waals surface area contributed by atoms with E-state index in [1.54, 1.807) is 0 Å². The van der Waals surface area contributed by atoms with E-state index in [-0.39, 0.29) is 35.3 Å².